The molecular weight excluding hydrogens is 378 g/mol. The number of para-hydroxylation sites is 1. The van der Waals surface area contributed by atoms with E-state index in [1.165, 1.54) is 5.56 Å². The fraction of sp³-hybridized carbons (Fsp3) is 0.286. The van der Waals surface area contributed by atoms with Crippen LogP contribution in [-0.4, -0.2) is 22.6 Å². The summed E-state index contributed by atoms with van der Waals surface area (Å²) in [5, 5.41) is 7.57. The van der Waals surface area contributed by atoms with Crippen molar-refractivity contribution >= 4 is 17.5 Å². The number of nitrogens with zero attached hydrogens (tertiary/aromatic N) is 2. The predicted octanol–water partition coefficient (Wildman–Crippen LogP) is 4.07. The molecule has 0 saturated heterocycles. The molecule has 3 aromatic rings. The minimum atomic E-state index is -0.167. The SMILES string of the molecule is Cc1nc(COc2ccccc2C(=O)NCC2(c3ccc(Cl)cc3)CC2)no1. The normalized spacial score (nSPS) is 14.5. The number of rotatable bonds is 7. The monoisotopic (exact) mass is 397 g/mol. The van der Waals surface area contributed by atoms with E-state index in [4.69, 9.17) is 20.9 Å². The van der Waals surface area contributed by atoms with Crippen molar-refractivity contribution in [2.75, 3.05) is 6.54 Å². The van der Waals surface area contributed by atoms with Gasteiger partial charge in [-0.2, -0.15) is 4.98 Å². The molecule has 1 aliphatic rings. The lowest BCUT2D eigenvalue weighted by atomic mass is 9.96. The second kappa shape index (κ2) is 7.64. The third-order valence-electron chi connectivity index (χ3n) is 4.96. The summed E-state index contributed by atoms with van der Waals surface area (Å²) in [7, 11) is 0. The first-order chi connectivity index (χ1) is 13.6. The number of halogens is 1. The molecule has 1 aromatic heterocycles. The fourth-order valence-corrected chi connectivity index (χ4v) is 3.31. The van der Waals surface area contributed by atoms with Crippen LogP contribution in [-0.2, 0) is 12.0 Å². The van der Waals surface area contributed by atoms with Crippen molar-refractivity contribution in [3.8, 4) is 5.75 Å². The van der Waals surface area contributed by atoms with Crippen molar-refractivity contribution in [3.05, 3.63) is 76.4 Å². The van der Waals surface area contributed by atoms with Gasteiger partial charge in [0, 0.05) is 23.9 Å². The number of aromatic nitrogens is 2. The molecule has 1 fully saturated rings. The smallest absolute Gasteiger partial charge is 0.255 e. The van der Waals surface area contributed by atoms with Gasteiger partial charge >= 0.3 is 0 Å². The topological polar surface area (TPSA) is 77.2 Å². The summed E-state index contributed by atoms with van der Waals surface area (Å²) in [6.45, 7) is 2.43. The summed E-state index contributed by atoms with van der Waals surface area (Å²) in [6, 6.07) is 15.0. The van der Waals surface area contributed by atoms with E-state index in [0.717, 1.165) is 12.8 Å². The van der Waals surface area contributed by atoms with Crippen LogP contribution in [0.15, 0.2) is 53.1 Å². The van der Waals surface area contributed by atoms with Crippen LogP contribution in [0.2, 0.25) is 5.02 Å². The Balaban J connectivity index is 1.41. The molecule has 1 N–H and O–H groups in total. The van der Waals surface area contributed by atoms with E-state index in [0.29, 0.717) is 34.6 Å². The van der Waals surface area contributed by atoms with Crippen LogP contribution in [0.1, 0.15) is 40.5 Å². The maximum atomic E-state index is 12.8. The Kier molecular flexibility index (Phi) is 5.05. The molecule has 7 heteroatoms. The molecule has 1 aliphatic carbocycles. The zero-order chi connectivity index (χ0) is 19.6. The third-order valence-corrected chi connectivity index (χ3v) is 5.21. The molecule has 2 aromatic carbocycles. The molecule has 28 heavy (non-hydrogen) atoms. The van der Waals surface area contributed by atoms with Gasteiger partial charge in [-0.25, -0.2) is 0 Å². The lowest BCUT2D eigenvalue weighted by Gasteiger charge is -2.17. The van der Waals surface area contributed by atoms with E-state index >= 15 is 0 Å². The van der Waals surface area contributed by atoms with Crippen molar-refractivity contribution < 1.29 is 14.1 Å². The maximum absolute atomic E-state index is 12.8. The third kappa shape index (κ3) is 4.02. The van der Waals surface area contributed by atoms with Gasteiger partial charge in [0.2, 0.25) is 11.7 Å². The Hall–Kier alpha value is -2.86. The number of nitrogens with one attached hydrogen (secondary N) is 1. The highest BCUT2D eigenvalue weighted by Crippen LogP contribution is 2.47. The Morgan fingerprint density at radius 2 is 1.96 bits per heavy atom. The van der Waals surface area contributed by atoms with Gasteiger partial charge in [0.15, 0.2) is 6.61 Å². The van der Waals surface area contributed by atoms with Crippen molar-refractivity contribution in [1.82, 2.24) is 15.5 Å². The van der Waals surface area contributed by atoms with Crippen LogP contribution < -0.4 is 10.1 Å². The Bertz CT molecular complexity index is 981. The molecule has 0 spiro atoms. The maximum Gasteiger partial charge on any atom is 0.255 e. The average molecular weight is 398 g/mol. The number of hydrogen-bond donors (Lipinski definition) is 1. The number of amides is 1. The highest BCUT2D eigenvalue weighted by atomic mass is 35.5. The van der Waals surface area contributed by atoms with E-state index in [9.17, 15) is 4.79 Å². The van der Waals surface area contributed by atoms with Gasteiger partial charge in [0.1, 0.15) is 5.75 Å². The Morgan fingerprint density at radius 3 is 2.64 bits per heavy atom. The van der Waals surface area contributed by atoms with Gasteiger partial charge in [-0.3, -0.25) is 4.79 Å². The molecule has 1 heterocycles. The average Bonchev–Trinajstić information content (AvgIpc) is 3.39. The van der Waals surface area contributed by atoms with Crippen LogP contribution in [0.5, 0.6) is 5.75 Å². The van der Waals surface area contributed by atoms with E-state index < -0.39 is 0 Å². The van der Waals surface area contributed by atoms with Crippen LogP contribution in [0.3, 0.4) is 0 Å². The number of ether oxygens (including phenoxy) is 1. The molecule has 6 nitrogen and oxygen atoms in total. The number of hydrogen-bond acceptors (Lipinski definition) is 5. The largest absolute Gasteiger partial charge is 0.485 e. The zero-order valence-electron chi connectivity index (χ0n) is 15.4. The number of benzene rings is 2. The predicted molar refractivity (Wildman–Crippen MR) is 105 cm³/mol. The molecule has 0 radical (unpaired) electrons. The molecule has 1 saturated carbocycles. The first kappa shape index (κ1) is 18.5. The summed E-state index contributed by atoms with van der Waals surface area (Å²) in [6.07, 6.45) is 2.09. The first-order valence-corrected chi connectivity index (χ1v) is 9.49. The minimum absolute atomic E-state index is 0.00178. The van der Waals surface area contributed by atoms with Gasteiger partial charge in [-0.05, 0) is 42.7 Å². The van der Waals surface area contributed by atoms with Gasteiger partial charge in [-0.1, -0.05) is 41.0 Å². The molecule has 0 bridgehead atoms. The standard InChI is InChI=1S/C21H20ClN3O3/c1-14-24-19(25-28-14)12-27-18-5-3-2-4-17(18)20(26)23-13-21(10-11-21)15-6-8-16(22)9-7-15/h2-9H,10-13H2,1H3,(H,23,26). The Morgan fingerprint density at radius 1 is 1.21 bits per heavy atom. The van der Waals surface area contributed by atoms with Gasteiger partial charge in [0.05, 0.1) is 5.56 Å². The van der Waals surface area contributed by atoms with Crippen molar-refractivity contribution in [3.63, 3.8) is 0 Å². The van der Waals surface area contributed by atoms with E-state index in [1.807, 2.05) is 36.4 Å². The van der Waals surface area contributed by atoms with Crippen molar-refractivity contribution in [2.45, 2.75) is 31.8 Å². The summed E-state index contributed by atoms with van der Waals surface area (Å²) in [5.74, 6) is 1.23. The fourth-order valence-electron chi connectivity index (χ4n) is 3.19. The molecule has 4 rings (SSSR count). The molecule has 0 atom stereocenters. The number of carbonyl (C=O) groups is 1. The minimum Gasteiger partial charge on any atom is -0.485 e. The molecule has 1 amide bonds. The van der Waals surface area contributed by atoms with Gasteiger partial charge < -0.3 is 14.6 Å². The van der Waals surface area contributed by atoms with Gasteiger partial charge in [-0.15, -0.1) is 0 Å². The molecule has 144 valence electrons. The van der Waals surface area contributed by atoms with Crippen LogP contribution in [0.25, 0.3) is 0 Å². The molecular formula is C21H20ClN3O3. The van der Waals surface area contributed by atoms with Crippen LogP contribution >= 0.6 is 11.6 Å². The van der Waals surface area contributed by atoms with Gasteiger partial charge in [0.25, 0.3) is 5.91 Å². The highest BCUT2D eigenvalue weighted by molar-refractivity contribution is 6.30. The second-order valence-electron chi connectivity index (χ2n) is 6.98. The Labute approximate surface area is 167 Å². The summed E-state index contributed by atoms with van der Waals surface area (Å²) in [4.78, 5) is 16.9. The lowest BCUT2D eigenvalue weighted by molar-refractivity contribution is 0.0945. The first-order valence-electron chi connectivity index (χ1n) is 9.11. The number of carbonyl (C=O) groups excluding carboxylic acids is 1. The summed E-state index contributed by atoms with van der Waals surface area (Å²) >= 11 is 5.98. The molecule has 0 aliphatic heterocycles. The number of aryl methyl sites for hydroxylation is 1. The van der Waals surface area contributed by atoms with Crippen molar-refractivity contribution in [2.24, 2.45) is 0 Å². The lowest BCUT2D eigenvalue weighted by Crippen LogP contribution is -2.32. The summed E-state index contributed by atoms with van der Waals surface area (Å²) in [5.41, 5.74) is 1.68. The zero-order valence-corrected chi connectivity index (χ0v) is 16.2. The second-order valence-corrected chi connectivity index (χ2v) is 7.42. The molecule has 0 unspecified atom stereocenters. The van der Waals surface area contributed by atoms with Crippen molar-refractivity contribution in [1.29, 1.82) is 0 Å². The summed E-state index contributed by atoms with van der Waals surface area (Å²) < 4.78 is 10.7. The van der Waals surface area contributed by atoms with E-state index in [-0.39, 0.29) is 17.9 Å². The van der Waals surface area contributed by atoms with E-state index in [2.05, 4.69) is 15.5 Å². The quantitative estimate of drug-likeness (QED) is 0.650. The van der Waals surface area contributed by atoms with E-state index in [1.54, 1.807) is 19.1 Å². The van der Waals surface area contributed by atoms with Crippen LogP contribution in [0, 0.1) is 6.92 Å². The van der Waals surface area contributed by atoms with Crippen LogP contribution in [0.4, 0.5) is 0 Å². The highest BCUT2D eigenvalue weighted by Gasteiger charge is 2.44.